The van der Waals surface area contributed by atoms with E-state index in [4.69, 9.17) is 19.2 Å². The van der Waals surface area contributed by atoms with E-state index >= 15 is 0 Å². The Hall–Kier alpha value is -1.37. The third-order valence-corrected chi connectivity index (χ3v) is 8.51. The predicted molar refractivity (Wildman–Crippen MR) is 116 cm³/mol. The number of esters is 1. The van der Waals surface area contributed by atoms with Crippen LogP contribution >= 0.6 is 0 Å². The van der Waals surface area contributed by atoms with Crippen LogP contribution in [-0.4, -0.2) is 42.1 Å². The van der Waals surface area contributed by atoms with Crippen molar-refractivity contribution in [1.82, 2.24) is 0 Å². The quantitative estimate of drug-likeness (QED) is 0.219. The molecule has 1 saturated heterocycles. The van der Waals surface area contributed by atoms with E-state index in [0.717, 1.165) is 44.9 Å². The van der Waals surface area contributed by atoms with Crippen LogP contribution in [0.3, 0.4) is 0 Å². The fourth-order valence-electron chi connectivity index (χ4n) is 6.75. The second kappa shape index (κ2) is 8.53. The monoisotopic (exact) mass is 434 g/mol. The van der Waals surface area contributed by atoms with Crippen molar-refractivity contribution < 1.29 is 29.1 Å². The molecule has 0 aromatic rings. The van der Waals surface area contributed by atoms with Gasteiger partial charge in [-0.1, -0.05) is 39.0 Å². The molecule has 0 spiro atoms. The van der Waals surface area contributed by atoms with Gasteiger partial charge in [-0.3, -0.25) is 4.79 Å². The lowest BCUT2D eigenvalue weighted by Crippen LogP contribution is -2.58. The Morgan fingerprint density at radius 1 is 1.32 bits per heavy atom. The van der Waals surface area contributed by atoms with Crippen LogP contribution in [0, 0.1) is 22.7 Å². The zero-order valence-electron chi connectivity index (χ0n) is 19.4. The van der Waals surface area contributed by atoms with Crippen molar-refractivity contribution in [3.05, 3.63) is 24.0 Å². The van der Waals surface area contributed by atoms with Crippen molar-refractivity contribution in [3.63, 3.8) is 0 Å². The van der Waals surface area contributed by atoms with Crippen LogP contribution in [0.1, 0.15) is 72.6 Å². The summed E-state index contributed by atoms with van der Waals surface area (Å²) >= 11 is 0. The summed E-state index contributed by atoms with van der Waals surface area (Å²) in [4.78, 5) is 22.7. The lowest BCUT2D eigenvalue weighted by Gasteiger charge is -2.57. The number of aliphatic hydroxyl groups excluding tert-OH is 1. The summed E-state index contributed by atoms with van der Waals surface area (Å²) in [5, 5.41) is 11.2. The molecule has 5 unspecified atom stereocenters. The summed E-state index contributed by atoms with van der Waals surface area (Å²) < 4.78 is 11.8. The van der Waals surface area contributed by atoms with Gasteiger partial charge < -0.3 is 19.5 Å². The Morgan fingerprint density at radius 2 is 2.10 bits per heavy atom. The van der Waals surface area contributed by atoms with Gasteiger partial charge in [-0.05, 0) is 49.9 Å². The summed E-state index contributed by atoms with van der Waals surface area (Å²) in [6.07, 6.45) is 7.53. The minimum absolute atomic E-state index is 0.0124. The molecule has 8 atom stereocenters. The van der Waals surface area contributed by atoms with Crippen LogP contribution in [0.25, 0.3) is 0 Å². The maximum atomic E-state index is 11.6. The molecule has 4 rings (SSSR count). The van der Waals surface area contributed by atoms with Gasteiger partial charge in [-0.2, -0.15) is 4.89 Å². The van der Waals surface area contributed by atoms with Crippen molar-refractivity contribution >= 4 is 5.97 Å². The van der Waals surface area contributed by atoms with Gasteiger partial charge in [0.25, 0.3) is 0 Å². The Labute approximate surface area is 185 Å². The van der Waals surface area contributed by atoms with Gasteiger partial charge in [0, 0.05) is 24.7 Å². The van der Waals surface area contributed by atoms with E-state index in [1.807, 2.05) is 6.08 Å². The molecule has 0 aromatic carbocycles. The Kier molecular flexibility index (Phi) is 6.27. The summed E-state index contributed by atoms with van der Waals surface area (Å²) in [7, 11) is 0. The number of ether oxygens (including phenoxy) is 2. The Bertz CT molecular complexity index is 746. The van der Waals surface area contributed by atoms with E-state index in [2.05, 4.69) is 27.4 Å². The molecule has 4 aliphatic rings. The second-order valence-electron chi connectivity index (χ2n) is 10.5. The van der Waals surface area contributed by atoms with Crippen LogP contribution in [0.15, 0.2) is 24.0 Å². The summed E-state index contributed by atoms with van der Waals surface area (Å²) in [6, 6.07) is 0. The van der Waals surface area contributed by atoms with Crippen LogP contribution in [-0.2, 0) is 24.0 Å². The molecule has 0 aromatic heterocycles. The number of carbonyl (C=O) groups is 1. The minimum atomic E-state index is -0.566. The zero-order chi connectivity index (χ0) is 22.4. The molecule has 6 nitrogen and oxygen atoms in total. The standard InChI is InChI=1S/C25H38O6/c1-6-7-15(2)30-31-18-8-10-24(4)17(12-18)13-20(27)22-19(24)9-11-25(5)21(29-16(3)26)14-28-23(22)25/h13,18-23,27H,2,6-12,14H2,1,3-5H3/t18-,19?,20?,21?,22?,23?,24-,25+/m0/s1. The fourth-order valence-corrected chi connectivity index (χ4v) is 6.75. The van der Waals surface area contributed by atoms with Gasteiger partial charge in [-0.15, -0.1) is 0 Å². The van der Waals surface area contributed by atoms with E-state index in [-0.39, 0.29) is 41.0 Å². The third-order valence-electron chi connectivity index (χ3n) is 8.51. The second-order valence-corrected chi connectivity index (χ2v) is 10.5. The van der Waals surface area contributed by atoms with Crippen LogP contribution in [0.2, 0.25) is 0 Å². The van der Waals surface area contributed by atoms with Crippen molar-refractivity contribution in [2.24, 2.45) is 22.7 Å². The van der Waals surface area contributed by atoms with Crippen LogP contribution < -0.4 is 0 Å². The first-order valence-electron chi connectivity index (χ1n) is 11.9. The molecule has 1 heterocycles. The van der Waals surface area contributed by atoms with E-state index < -0.39 is 6.10 Å². The van der Waals surface area contributed by atoms with Crippen LogP contribution in [0.5, 0.6) is 0 Å². The molecule has 31 heavy (non-hydrogen) atoms. The normalized spacial score (nSPS) is 43.8. The molecule has 3 fully saturated rings. The first kappa shape index (κ1) is 22.8. The van der Waals surface area contributed by atoms with Crippen molar-refractivity contribution in [3.8, 4) is 0 Å². The van der Waals surface area contributed by atoms with Gasteiger partial charge in [0.1, 0.15) is 18.0 Å². The number of allylic oxidation sites excluding steroid dienone is 1. The molecule has 0 bridgehead atoms. The summed E-state index contributed by atoms with van der Waals surface area (Å²) in [5.41, 5.74) is 1.05. The highest BCUT2D eigenvalue weighted by Crippen LogP contribution is 2.62. The largest absolute Gasteiger partial charge is 0.459 e. The number of hydrogen-bond acceptors (Lipinski definition) is 6. The maximum Gasteiger partial charge on any atom is 0.303 e. The number of rotatable bonds is 6. The van der Waals surface area contributed by atoms with Gasteiger partial charge in [0.2, 0.25) is 0 Å². The molecule has 1 aliphatic heterocycles. The molecule has 0 radical (unpaired) electrons. The summed E-state index contributed by atoms with van der Waals surface area (Å²) in [5.74, 6) is 0.763. The van der Waals surface area contributed by atoms with Crippen molar-refractivity contribution in [2.75, 3.05) is 6.61 Å². The van der Waals surface area contributed by atoms with E-state index in [9.17, 15) is 9.90 Å². The molecular formula is C25H38O6. The molecule has 1 N–H and O–H groups in total. The fraction of sp³-hybridized carbons (Fsp3) is 0.800. The lowest BCUT2D eigenvalue weighted by molar-refractivity contribution is -0.301. The van der Waals surface area contributed by atoms with Crippen molar-refractivity contribution in [1.29, 1.82) is 0 Å². The first-order chi connectivity index (χ1) is 14.7. The number of hydrogen-bond donors (Lipinski definition) is 1. The Balaban J connectivity index is 1.50. The van der Waals surface area contributed by atoms with Gasteiger partial charge in [-0.25, -0.2) is 0 Å². The number of aliphatic hydroxyl groups is 1. The average Bonchev–Trinajstić information content (AvgIpc) is 3.03. The minimum Gasteiger partial charge on any atom is -0.459 e. The van der Waals surface area contributed by atoms with E-state index in [1.54, 1.807) is 0 Å². The van der Waals surface area contributed by atoms with Gasteiger partial charge >= 0.3 is 5.97 Å². The average molecular weight is 435 g/mol. The van der Waals surface area contributed by atoms with Crippen molar-refractivity contribution in [2.45, 2.75) is 97.1 Å². The van der Waals surface area contributed by atoms with Gasteiger partial charge in [0.05, 0.1) is 18.8 Å². The number of fused-ring (bicyclic) bond motifs is 5. The summed E-state index contributed by atoms with van der Waals surface area (Å²) in [6.45, 7) is 12.4. The topological polar surface area (TPSA) is 74.2 Å². The molecule has 174 valence electrons. The number of carbonyl (C=O) groups excluding carboxylic acids is 1. The van der Waals surface area contributed by atoms with E-state index in [1.165, 1.54) is 12.5 Å². The molecule has 0 amide bonds. The maximum absolute atomic E-state index is 11.6. The van der Waals surface area contributed by atoms with Crippen LogP contribution in [0.4, 0.5) is 0 Å². The highest BCUT2D eigenvalue weighted by Gasteiger charge is 2.62. The zero-order valence-corrected chi connectivity index (χ0v) is 19.4. The molecule has 2 saturated carbocycles. The van der Waals surface area contributed by atoms with Gasteiger partial charge in [0.15, 0.2) is 0 Å². The predicted octanol–water partition coefficient (Wildman–Crippen LogP) is 4.47. The Morgan fingerprint density at radius 3 is 2.81 bits per heavy atom. The highest BCUT2D eigenvalue weighted by atomic mass is 17.2. The smallest absolute Gasteiger partial charge is 0.303 e. The molecule has 6 heteroatoms. The first-order valence-corrected chi connectivity index (χ1v) is 11.9. The van der Waals surface area contributed by atoms with E-state index in [0.29, 0.717) is 18.3 Å². The molecular weight excluding hydrogens is 396 g/mol. The third kappa shape index (κ3) is 3.96. The highest BCUT2D eigenvalue weighted by molar-refractivity contribution is 5.66. The SMILES string of the molecule is C=C(CCC)OO[C@H]1CC[C@@]2(C)C(=CC(O)C3C4OCC(OC(C)=O)[C@@]4(C)CCC32)C1. The molecule has 3 aliphatic carbocycles. The lowest BCUT2D eigenvalue weighted by atomic mass is 9.49.